The van der Waals surface area contributed by atoms with Crippen LogP contribution in [0.3, 0.4) is 0 Å². The van der Waals surface area contributed by atoms with Crippen LogP contribution in [0, 0.1) is 6.92 Å². The van der Waals surface area contributed by atoms with E-state index in [1.54, 1.807) is 0 Å². The highest BCUT2D eigenvalue weighted by Crippen LogP contribution is 2.20. The number of aromatic nitrogens is 2. The first-order valence-electron chi connectivity index (χ1n) is 6.25. The van der Waals surface area contributed by atoms with Crippen molar-refractivity contribution in [2.45, 2.75) is 26.2 Å². The lowest BCUT2D eigenvalue weighted by Crippen LogP contribution is -2.39. The molecule has 1 saturated heterocycles. The van der Waals surface area contributed by atoms with Gasteiger partial charge < -0.3 is 10.7 Å². The third-order valence-corrected chi connectivity index (χ3v) is 3.43. The summed E-state index contributed by atoms with van der Waals surface area (Å²) in [7, 11) is 0. The van der Waals surface area contributed by atoms with E-state index in [2.05, 4.69) is 27.7 Å². The Bertz CT molecular complexity index is 538. The molecule has 0 unspecified atom stereocenters. The molecule has 0 spiro atoms. The Morgan fingerprint density at radius 3 is 2.71 bits per heavy atom. The second-order valence-electron chi connectivity index (χ2n) is 4.73. The molecule has 3 rings (SSSR count). The van der Waals surface area contributed by atoms with E-state index in [0.29, 0.717) is 0 Å². The summed E-state index contributed by atoms with van der Waals surface area (Å²) in [5, 5.41) is 2.39. The fraction of sp³-hybridized carbons (Fsp3) is 0.462. The Hall–Kier alpha value is -1.71. The summed E-state index contributed by atoms with van der Waals surface area (Å²) >= 11 is 0. The van der Waals surface area contributed by atoms with Crippen LogP contribution in [0.4, 0.5) is 5.69 Å². The minimum Gasteiger partial charge on any atom is -0.399 e. The molecule has 4 heteroatoms. The van der Waals surface area contributed by atoms with Crippen molar-refractivity contribution in [1.82, 2.24) is 9.66 Å². The van der Waals surface area contributed by atoms with E-state index < -0.39 is 0 Å². The van der Waals surface area contributed by atoms with Gasteiger partial charge in [0, 0.05) is 18.8 Å². The number of fused-ring (bicyclic) bond motifs is 1. The lowest BCUT2D eigenvalue weighted by Gasteiger charge is -2.30. The van der Waals surface area contributed by atoms with Crippen LogP contribution < -0.4 is 10.7 Å². The Morgan fingerprint density at radius 1 is 1.18 bits per heavy atom. The molecule has 4 nitrogen and oxygen atoms in total. The number of benzene rings is 1. The largest absolute Gasteiger partial charge is 0.399 e. The molecule has 1 aromatic carbocycles. The van der Waals surface area contributed by atoms with Gasteiger partial charge in [0.2, 0.25) is 0 Å². The summed E-state index contributed by atoms with van der Waals surface area (Å²) in [6, 6.07) is 5.96. The maximum absolute atomic E-state index is 5.80. The summed E-state index contributed by atoms with van der Waals surface area (Å²) in [4.78, 5) is 4.59. The fourth-order valence-electron chi connectivity index (χ4n) is 2.64. The van der Waals surface area contributed by atoms with Crippen LogP contribution in [0.15, 0.2) is 18.2 Å². The van der Waals surface area contributed by atoms with E-state index in [0.717, 1.165) is 30.1 Å². The molecule has 1 aliphatic rings. The first-order chi connectivity index (χ1) is 8.25. The number of piperidine rings is 1. The second kappa shape index (κ2) is 3.95. The van der Waals surface area contributed by atoms with Crippen molar-refractivity contribution in [2.75, 3.05) is 23.8 Å². The number of anilines is 1. The highest BCUT2D eigenvalue weighted by molar-refractivity contribution is 5.80. The van der Waals surface area contributed by atoms with Crippen LogP contribution in [0.2, 0.25) is 0 Å². The second-order valence-corrected chi connectivity index (χ2v) is 4.73. The Labute approximate surface area is 101 Å². The highest BCUT2D eigenvalue weighted by Gasteiger charge is 2.16. The average Bonchev–Trinajstić information content (AvgIpc) is 2.65. The number of hydrogen-bond acceptors (Lipinski definition) is 3. The van der Waals surface area contributed by atoms with Crippen LogP contribution in [-0.2, 0) is 0 Å². The van der Waals surface area contributed by atoms with Gasteiger partial charge in [0.1, 0.15) is 5.82 Å². The van der Waals surface area contributed by atoms with Crippen LogP contribution in [0.1, 0.15) is 25.1 Å². The summed E-state index contributed by atoms with van der Waals surface area (Å²) in [6.45, 7) is 4.30. The predicted octanol–water partition coefficient (Wildman–Crippen LogP) is 2.05. The van der Waals surface area contributed by atoms with Crippen LogP contribution in [-0.4, -0.2) is 22.7 Å². The maximum Gasteiger partial charge on any atom is 0.125 e. The zero-order valence-electron chi connectivity index (χ0n) is 10.2. The van der Waals surface area contributed by atoms with Crippen LogP contribution in [0.25, 0.3) is 11.0 Å². The van der Waals surface area contributed by atoms with Crippen molar-refractivity contribution >= 4 is 16.7 Å². The third kappa shape index (κ3) is 1.73. The van der Waals surface area contributed by atoms with Gasteiger partial charge in [0.15, 0.2) is 0 Å². The van der Waals surface area contributed by atoms with Gasteiger partial charge in [0.25, 0.3) is 0 Å². The molecule has 0 radical (unpaired) electrons. The number of nitrogens with two attached hydrogens (primary N) is 1. The van der Waals surface area contributed by atoms with E-state index >= 15 is 0 Å². The molecule has 0 saturated carbocycles. The van der Waals surface area contributed by atoms with Gasteiger partial charge in [0.05, 0.1) is 11.0 Å². The molecule has 1 aromatic heterocycles. The van der Waals surface area contributed by atoms with Crippen molar-refractivity contribution in [3.05, 3.63) is 24.0 Å². The molecule has 2 aromatic rings. The first-order valence-corrected chi connectivity index (χ1v) is 6.25. The van der Waals surface area contributed by atoms with Crippen molar-refractivity contribution in [1.29, 1.82) is 0 Å². The molecular weight excluding hydrogens is 212 g/mol. The van der Waals surface area contributed by atoms with Gasteiger partial charge in [-0.15, -0.1) is 0 Å². The molecule has 2 heterocycles. The molecule has 0 amide bonds. The normalized spacial score (nSPS) is 16.6. The first kappa shape index (κ1) is 10.4. The molecule has 1 fully saturated rings. The summed E-state index contributed by atoms with van der Waals surface area (Å²) < 4.78 is 2.24. The zero-order valence-corrected chi connectivity index (χ0v) is 10.2. The van der Waals surface area contributed by atoms with E-state index in [1.807, 2.05) is 12.1 Å². The van der Waals surface area contributed by atoms with E-state index in [4.69, 9.17) is 5.73 Å². The van der Waals surface area contributed by atoms with Gasteiger partial charge in [-0.3, -0.25) is 0 Å². The monoisotopic (exact) mass is 230 g/mol. The molecule has 17 heavy (non-hydrogen) atoms. The topological polar surface area (TPSA) is 47.1 Å². The molecule has 90 valence electrons. The van der Waals surface area contributed by atoms with Gasteiger partial charge in [-0.05, 0) is 44.4 Å². The lowest BCUT2D eigenvalue weighted by atomic mass is 10.2. The molecular formula is C13H18N4. The smallest absolute Gasteiger partial charge is 0.125 e. The number of imidazole rings is 1. The molecule has 2 N–H and O–H groups in total. The van der Waals surface area contributed by atoms with Crippen LogP contribution >= 0.6 is 0 Å². The number of rotatable bonds is 1. The molecule has 0 aliphatic carbocycles. The van der Waals surface area contributed by atoms with E-state index in [-0.39, 0.29) is 0 Å². The van der Waals surface area contributed by atoms with Crippen molar-refractivity contribution in [3.63, 3.8) is 0 Å². The number of nitrogens with zero attached hydrogens (tertiary/aromatic N) is 3. The number of aryl methyl sites for hydroxylation is 1. The zero-order chi connectivity index (χ0) is 11.8. The molecule has 1 aliphatic heterocycles. The van der Waals surface area contributed by atoms with Gasteiger partial charge in [-0.2, -0.15) is 0 Å². The van der Waals surface area contributed by atoms with Crippen molar-refractivity contribution < 1.29 is 0 Å². The van der Waals surface area contributed by atoms with Gasteiger partial charge in [-0.25, -0.2) is 9.66 Å². The molecule has 0 bridgehead atoms. The Morgan fingerprint density at radius 2 is 1.94 bits per heavy atom. The SMILES string of the molecule is Cc1nc2cc(N)ccc2n1N1CCCCC1. The Kier molecular flexibility index (Phi) is 2.42. The average molecular weight is 230 g/mol. The lowest BCUT2D eigenvalue weighted by molar-refractivity contribution is 0.479. The highest BCUT2D eigenvalue weighted by atomic mass is 15.6. The molecule has 0 atom stereocenters. The quantitative estimate of drug-likeness (QED) is 0.763. The maximum atomic E-state index is 5.80. The van der Waals surface area contributed by atoms with Crippen molar-refractivity contribution in [2.24, 2.45) is 0 Å². The minimum absolute atomic E-state index is 0.779. The van der Waals surface area contributed by atoms with Gasteiger partial charge in [-0.1, -0.05) is 0 Å². The minimum atomic E-state index is 0.779. The number of nitrogen functional groups attached to an aromatic ring is 1. The fourth-order valence-corrected chi connectivity index (χ4v) is 2.64. The van der Waals surface area contributed by atoms with Gasteiger partial charge >= 0.3 is 0 Å². The van der Waals surface area contributed by atoms with E-state index in [1.165, 1.54) is 24.8 Å². The standard InChI is InChI=1S/C13H18N4/c1-10-15-12-9-11(14)5-6-13(12)17(10)16-7-3-2-4-8-16/h5-6,9H,2-4,7-8,14H2,1H3. The number of hydrogen-bond donors (Lipinski definition) is 1. The summed E-state index contributed by atoms with van der Waals surface area (Å²) in [6.07, 6.45) is 3.89. The Balaban J connectivity index is 2.11. The summed E-state index contributed by atoms with van der Waals surface area (Å²) in [5.74, 6) is 1.05. The van der Waals surface area contributed by atoms with Crippen LogP contribution in [0.5, 0.6) is 0 Å². The van der Waals surface area contributed by atoms with Crippen molar-refractivity contribution in [3.8, 4) is 0 Å². The summed E-state index contributed by atoms with van der Waals surface area (Å²) in [5.41, 5.74) is 8.74. The predicted molar refractivity (Wildman–Crippen MR) is 70.7 cm³/mol. The van der Waals surface area contributed by atoms with E-state index in [9.17, 15) is 0 Å². The third-order valence-electron chi connectivity index (χ3n) is 3.43.